The summed E-state index contributed by atoms with van der Waals surface area (Å²) in [6, 6.07) is 1.83. The molecule has 0 nitrogen and oxygen atoms in total. The Morgan fingerprint density at radius 2 is 0.478 bits per heavy atom. The number of alkyl halides is 24. The van der Waals surface area contributed by atoms with Gasteiger partial charge in [-0.2, -0.15) is 127 Å². The van der Waals surface area contributed by atoms with Gasteiger partial charge in [-0.15, -0.1) is 0 Å². The van der Waals surface area contributed by atoms with Crippen LogP contribution in [0.4, 0.5) is 105 Å². The lowest BCUT2D eigenvalue weighted by atomic mass is 9.12. The molecule has 0 aliphatic heterocycles. The molecule has 0 saturated carbocycles. The lowest BCUT2D eigenvalue weighted by Crippen LogP contribution is -2.75. The monoisotopic (exact) mass is 1020 g/mol. The summed E-state index contributed by atoms with van der Waals surface area (Å²) in [7, 11) is 0.533. The summed E-state index contributed by atoms with van der Waals surface area (Å²) >= 11 is 0. The zero-order valence-corrected chi connectivity index (χ0v) is 33.9. The van der Waals surface area contributed by atoms with Gasteiger partial charge in [0, 0.05) is 5.56 Å². The minimum absolute atomic E-state index is 0.533. The fourth-order valence-electron chi connectivity index (χ4n) is 6.98. The first-order valence-corrected chi connectivity index (χ1v) is 20.2. The maximum Gasteiger partial charge on any atom is 0.416 e. The average Bonchev–Trinajstić information content (AvgIpc) is 3.15. The van der Waals surface area contributed by atoms with Crippen LogP contribution in [-0.2, 0) is 66.1 Å². The highest BCUT2D eigenvalue weighted by Crippen LogP contribution is 2.41. The lowest BCUT2D eigenvalue weighted by molar-refractivity contribution is -0.144. The Balaban J connectivity index is 0.000000865. The first-order valence-electron chi connectivity index (χ1n) is 18.0. The van der Waals surface area contributed by atoms with E-state index >= 15 is 0 Å². The highest BCUT2D eigenvalue weighted by Gasteiger charge is 2.47. The number of benzene rings is 5. The molecule has 0 spiro atoms. The van der Waals surface area contributed by atoms with E-state index in [9.17, 15) is 105 Å². The summed E-state index contributed by atoms with van der Waals surface area (Å²) in [5.41, 5.74) is -28.8. The Hall–Kier alpha value is -5.17. The molecule has 0 atom stereocenters. The average molecular weight is 1020 g/mol. The van der Waals surface area contributed by atoms with Gasteiger partial charge in [-0.25, -0.2) is 0 Å². The second kappa shape index (κ2) is 18.4. The van der Waals surface area contributed by atoms with Gasteiger partial charge >= 0.3 is 49.4 Å². The van der Waals surface area contributed by atoms with Crippen LogP contribution >= 0.6 is 0 Å². The van der Waals surface area contributed by atoms with Gasteiger partial charge in [0.25, 0.3) is 0 Å². The number of halogens is 24. The molecule has 0 saturated heterocycles. The van der Waals surface area contributed by atoms with Gasteiger partial charge in [-0.05, 0) is 35.2 Å². The fourth-order valence-corrected chi connectivity index (χ4v) is 7.84. The molecule has 0 amide bonds. The van der Waals surface area contributed by atoms with Crippen molar-refractivity contribution in [2.75, 3.05) is 12.5 Å². The van der Waals surface area contributed by atoms with Crippen molar-refractivity contribution >= 4 is 38.9 Å². The van der Waals surface area contributed by atoms with Crippen molar-refractivity contribution in [2.45, 2.75) is 55.2 Å². The minimum atomic E-state index is -6.13. The predicted octanol–water partition coefficient (Wildman–Crippen LogP) is 13.3. The van der Waals surface area contributed by atoms with E-state index in [2.05, 4.69) is 42.8 Å². The van der Waals surface area contributed by atoms with Crippen LogP contribution < -0.4 is 21.9 Å². The Kier molecular flexibility index (Phi) is 14.9. The molecule has 0 heterocycles. The van der Waals surface area contributed by atoms with E-state index in [1.54, 1.807) is 0 Å². The molecule has 0 aromatic heterocycles. The van der Waals surface area contributed by atoms with Crippen LogP contribution in [0.25, 0.3) is 0 Å². The number of hydrogen-bond acceptors (Lipinski definition) is 0. The number of hydrogen-bond donors (Lipinski definition) is 0. The lowest BCUT2D eigenvalue weighted by Gasteiger charge is -2.46. The molecule has 67 heavy (non-hydrogen) atoms. The summed E-state index contributed by atoms with van der Waals surface area (Å²) in [4.78, 5) is 0. The second-order valence-electron chi connectivity index (χ2n) is 14.8. The molecule has 5 aromatic carbocycles. The molecular formula is C41H25BF24S. The van der Waals surface area contributed by atoms with Crippen LogP contribution in [0.5, 0.6) is 0 Å². The van der Waals surface area contributed by atoms with Crippen molar-refractivity contribution < 1.29 is 105 Å². The minimum Gasteiger partial charge on any atom is -0.194 e. The summed E-state index contributed by atoms with van der Waals surface area (Å²) in [5, 5.41) is 0. The topological polar surface area (TPSA) is 0 Å². The van der Waals surface area contributed by atoms with Crippen molar-refractivity contribution in [1.82, 2.24) is 0 Å². The van der Waals surface area contributed by atoms with Crippen LogP contribution in [0.3, 0.4) is 0 Å². The van der Waals surface area contributed by atoms with Crippen molar-refractivity contribution in [1.29, 1.82) is 0 Å². The second-order valence-corrected chi connectivity index (χ2v) is 17.1. The standard InChI is InChI=1S/C32H12BF24.C9H13S/c34-25(35,36)13-1-14(26(37,38)39)6-21(5-13)33(22-7-15(27(40,41)42)2-16(8-22)28(43,44)45,23-9-17(29(46,47)48)3-18(10-23)30(49,50)51)24-11-19(31(52,53)54)4-20(12-24)32(55,56)57;1-10(2)8-9-6-4-3-5-7-9/h1-12H;3-7H,8H2,1-2H3/q-1;+1. The van der Waals surface area contributed by atoms with Gasteiger partial charge in [0.15, 0.2) is 0 Å². The van der Waals surface area contributed by atoms with Crippen molar-refractivity contribution in [3.05, 3.63) is 153 Å². The quantitative estimate of drug-likeness (QED) is 0.0903. The van der Waals surface area contributed by atoms with E-state index in [1.165, 1.54) is 11.3 Å². The Morgan fingerprint density at radius 1 is 0.299 bits per heavy atom. The molecule has 0 radical (unpaired) electrons. The van der Waals surface area contributed by atoms with Gasteiger partial charge < -0.3 is 0 Å². The van der Waals surface area contributed by atoms with Crippen molar-refractivity contribution in [3.63, 3.8) is 0 Å². The highest BCUT2D eigenvalue weighted by atomic mass is 32.2. The molecule has 366 valence electrons. The number of rotatable bonds is 6. The fraction of sp³-hybridized carbons (Fsp3) is 0.268. The summed E-state index contributed by atoms with van der Waals surface area (Å²) in [6.07, 6.45) is -50.3. The first-order chi connectivity index (χ1) is 30.0. The zero-order chi connectivity index (χ0) is 51.3. The van der Waals surface area contributed by atoms with Gasteiger partial charge in [0.2, 0.25) is 0 Å². The first kappa shape index (κ1) is 54.4. The predicted molar refractivity (Wildman–Crippen MR) is 199 cm³/mol. The summed E-state index contributed by atoms with van der Waals surface area (Å²) in [6.45, 7) is 0. The molecule has 0 unspecified atom stereocenters. The van der Waals surface area contributed by atoms with Gasteiger partial charge in [-0.3, -0.25) is 0 Å². The molecule has 0 fully saturated rings. The molecule has 0 bridgehead atoms. The third kappa shape index (κ3) is 13.1. The molecule has 0 N–H and O–H groups in total. The van der Waals surface area contributed by atoms with Gasteiger partial charge in [0.05, 0.1) is 57.0 Å². The largest absolute Gasteiger partial charge is 0.416 e. The maximum absolute atomic E-state index is 14.2. The van der Waals surface area contributed by atoms with Gasteiger partial charge in [-0.1, -0.05) is 78.9 Å². The summed E-state index contributed by atoms with van der Waals surface area (Å²) < 4.78 is 341. The highest BCUT2D eigenvalue weighted by molar-refractivity contribution is 7.94. The molecule has 5 aromatic rings. The van der Waals surface area contributed by atoms with Crippen LogP contribution in [0.1, 0.15) is 50.1 Å². The van der Waals surface area contributed by atoms with Crippen molar-refractivity contribution in [2.24, 2.45) is 0 Å². The maximum atomic E-state index is 14.2. The zero-order valence-electron chi connectivity index (χ0n) is 33.1. The van der Waals surface area contributed by atoms with E-state index in [1.807, 2.05) is 0 Å². The Morgan fingerprint density at radius 3 is 0.627 bits per heavy atom. The van der Waals surface area contributed by atoms with E-state index in [0.717, 1.165) is 0 Å². The molecule has 0 aliphatic carbocycles. The van der Waals surface area contributed by atoms with Crippen LogP contribution in [0, 0.1) is 0 Å². The van der Waals surface area contributed by atoms with Crippen LogP contribution in [0.15, 0.2) is 103 Å². The van der Waals surface area contributed by atoms with Crippen LogP contribution in [-0.4, -0.2) is 18.7 Å². The third-order valence-electron chi connectivity index (χ3n) is 9.74. The molecule has 0 aliphatic rings. The smallest absolute Gasteiger partial charge is 0.194 e. The Bertz CT molecular complexity index is 2080. The van der Waals surface area contributed by atoms with E-state index in [4.69, 9.17) is 0 Å². The molecule has 5 rings (SSSR count). The van der Waals surface area contributed by atoms with Gasteiger partial charge in [0.1, 0.15) is 11.9 Å². The van der Waals surface area contributed by atoms with Crippen molar-refractivity contribution in [3.8, 4) is 0 Å². The molecular weight excluding hydrogens is 991 g/mol. The normalized spacial score (nSPS) is 13.7. The van der Waals surface area contributed by atoms with Crippen LogP contribution in [0.2, 0.25) is 0 Å². The van der Waals surface area contributed by atoms with E-state index in [0.29, 0.717) is 10.9 Å². The third-order valence-corrected chi connectivity index (χ3v) is 10.6. The van der Waals surface area contributed by atoms with E-state index in [-0.39, 0.29) is 0 Å². The molecule has 26 heteroatoms. The van der Waals surface area contributed by atoms with E-state index < -0.39 is 195 Å². The Labute approximate surface area is 364 Å². The SMILES string of the molecule is C[S+](C)Cc1ccccc1.FC(F)(F)c1cc([B-](c2cc(C(F)(F)F)cc(C(F)(F)F)c2)(c2cc(C(F)(F)F)cc(C(F)(F)F)c2)c2cc(C(F)(F)F)cc(C(F)(F)F)c2)cc(C(F)(F)F)c1. The summed E-state index contributed by atoms with van der Waals surface area (Å²) in [5.74, 6) is 1.22.